The maximum Gasteiger partial charge on any atom is 0.239 e. The van der Waals surface area contributed by atoms with Gasteiger partial charge in [0.2, 0.25) is 6.29 Å². The monoisotopic (exact) mass is 224 g/mol. The van der Waals surface area contributed by atoms with E-state index in [0.29, 0.717) is 18.6 Å². The Balaban J connectivity index is 2.05. The van der Waals surface area contributed by atoms with Crippen molar-refractivity contribution < 1.29 is 14.2 Å². The van der Waals surface area contributed by atoms with E-state index in [-0.39, 0.29) is 18.1 Å². The highest BCUT2D eigenvalue weighted by Gasteiger charge is 2.24. The SMILES string of the molecule is O[C]1OCCCNC1Cc1ccccc1F. The Bertz CT molecular complexity index is 346. The molecule has 2 N–H and O–H groups in total. The minimum absolute atomic E-state index is 0.0410. The molecule has 87 valence electrons. The van der Waals surface area contributed by atoms with Crippen LogP contribution < -0.4 is 5.32 Å². The number of ether oxygens (including phenoxy) is 1. The summed E-state index contributed by atoms with van der Waals surface area (Å²) < 4.78 is 18.5. The summed E-state index contributed by atoms with van der Waals surface area (Å²) in [5, 5.41) is 12.7. The molecule has 0 amide bonds. The van der Waals surface area contributed by atoms with Crippen LogP contribution in [0.25, 0.3) is 0 Å². The first-order valence-electron chi connectivity index (χ1n) is 5.43. The topological polar surface area (TPSA) is 41.5 Å². The maximum atomic E-state index is 13.4. The second-order valence-corrected chi connectivity index (χ2v) is 3.84. The Morgan fingerprint density at radius 2 is 2.25 bits per heavy atom. The molecule has 1 radical (unpaired) electrons. The number of benzene rings is 1. The Morgan fingerprint density at radius 3 is 3.06 bits per heavy atom. The van der Waals surface area contributed by atoms with E-state index in [1.165, 1.54) is 6.07 Å². The molecule has 0 aliphatic carbocycles. The summed E-state index contributed by atoms with van der Waals surface area (Å²) in [6.45, 7) is 1.27. The average molecular weight is 224 g/mol. The van der Waals surface area contributed by atoms with E-state index in [1.807, 2.05) is 0 Å². The summed E-state index contributed by atoms with van der Waals surface area (Å²) in [4.78, 5) is 0. The van der Waals surface area contributed by atoms with Crippen molar-refractivity contribution in [2.45, 2.75) is 18.9 Å². The van der Waals surface area contributed by atoms with Crippen LogP contribution in [0, 0.1) is 12.1 Å². The van der Waals surface area contributed by atoms with Crippen molar-refractivity contribution in [1.29, 1.82) is 0 Å². The third-order valence-electron chi connectivity index (χ3n) is 2.64. The van der Waals surface area contributed by atoms with Gasteiger partial charge >= 0.3 is 0 Å². The van der Waals surface area contributed by atoms with Gasteiger partial charge in [0, 0.05) is 0 Å². The molecule has 4 heteroatoms. The summed E-state index contributed by atoms with van der Waals surface area (Å²) >= 11 is 0. The fraction of sp³-hybridized carbons (Fsp3) is 0.417. The number of rotatable bonds is 2. The fourth-order valence-corrected chi connectivity index (χ4v) is 1.76. The summed E-state index contributed by atoms with van der Waals surface area (Å²) in [5.41, 5.74) is 0.581. The zero-order valence-electron chi connectivity index (χ0n) is 8.95. The van der Waals surface area contributed by atoms with Crippen molar-refractivity contribution in [3.8, 4) is 0 Å². The molecule has 2 rings (SSSR count). The van der Waals surface area contributed by atoms with Crippen LogP contribution in [-0.2, 0) is 11.2 Å². The second kappa shape index (κ2) is 5.39. The normalized spacial score (nSPS) is 23.0. The lowest BCUT2D eigenvalue weighted by Gasteiger charge is -2.19. The lowest BCUT2D eigenvalue weighted by molar-refractivity contribution is -0.00595. The molecular formula is C12H15FNO2. The van der Waals surface area contributed by atoms with Gasteiger partial charge in [0.05, 0.1) is 12.6 Å². The molecule has 1 aromatic rings. The molecule has 1 atom stereocenters. The minimum Gasteiger partial charge on any atom is -0.360 e. The molecule has 3 nitrogen and oxygen atoms in total. The first kappa shape index (κ1) is 11.5. The fourth-order valence-electron chi connectivity index (χ4n) is 1.76. The summed E-state index contributed by atoms with van der Waals surface area (Å²) in [6, 6.07) is 6.25. The van der Waals surface area contributed by atoms with Crippen LogP contribution >= 0.6 is 0 Å². The predicted molar refractivity (Wildman–Crippen MR) is 57.6 cm³/mol. The molecule has 0 saturated carbocycles. The molecule has 0 bridgehead atoms. The van der Waals surface area contributed by atoms with E-state index in [2.05, 4.69) is 5.32 Å². The highest BCUT2D eigenvalue weighted by molar-refractivity contribution is 5.19. The Kier molecular flexibility index (Phi) is 3.88. The largest absolute Gasteiger partial charge is 0.360 e. The summed E-state index contributed by atoms with van der Waals surface area (Å²) in [6.07, 6.45) is 1.21. The highest BCUT2D eigenvalue weighted by atomic mass is 19.1. The molecule has 1 fully saturated rings. The van der Waals surface area contributed by atoms with Crippen LogP contribution in [-0.4, -0.2) is 24.3 Å². The zero-order valence-corrected chi connectivity index (χ0v) is 8.95. The summed E-state index contributed by atoms with van der Waals surface area (Å²) in [7, 11) is 0. The van der Waals surface area contributed by atoms with Crippen LogP contribution in [0.15, 0.2) is 24.3 Å². The van der Waals surface area contributed by atoms with Crippen molar-refractivity contribution in [1.82, 2.24) is 5.32 Å². The van der Waals surface area contributed by atoms with Gasteiger partial charge in [0.15, 0.2) is 0 Å². The van der Waals surface area contributed by atoms with Gasteiger partial charge in [0.1, 0.15) is 5.82 Å². The van der Waals surface area contributed by atoms with E-state index in [0.717, 1.165) is 13.0 Å². The third kappa shape index (κ3) is 2.78. The van der Waals surface area contributed by atoms with E-state index in [4.69, 9.17) is 4.74 Å². The van der Waals surface area contributed by atoms with Crippen molar-refractivity contribution in [3.63, 3.8) is 0 Å². The predicted octanol–water partition coefficient (Wildman–Crippen LogP) is 1.61. The standard InChI is InChI=1S/C12H15FNO2/c13-10-5-2-1-4-9(10)8-11-12(15)16-7-3-6-14-11/h1-2,4-5,11,14-15H,3,6-8H2. The molecule has 0 aromatic heterocycles. The molecule has 1 heterocycles. The number of halogens is 1. The van der Waals surface area contributed by atoms with Gasteiger partial charge in [-0.1, -0.05) is 18.2 Å². The van der Waals surface area contributed by atoms with Crippen LogP contribution in [0.2, 0.25) is 0 Å². The summed E-state index contributed by atoms with van der Waals surface area (Å²) in [5.74, 6) is -0.249. The third-order valence-corrected chi connectivity index (χ3v) is 2.64. The van der Waals surface area contributed by atoms with E-state index >= 15 is 0 Å². The lowest BCUT2D eigenvalue weighted by atomic mass is 10.1. The Hall–Kier alpha value is -0.970. The van der Waals surface area contributed by atoms with Gasteiger partial charge in [-0.3, -0.25) is 0 Å². The quantitative estimate of drug-likeness (QED) is 0.802. The van der Waals surface area contributed by atoms with Crippen molar-refractivity contribution in [2.75, 3.05) is 13.2 Å². The molecule has 1 unspecified atom stereocenters. The second-order valence-electron chi connectivity index (χ2n) is 3.84. The first-order chi connectivity index (χ1) is 7.77. The molecular weight excluding hydrogens is 209 g/mol. The average Bonchev–Trinajstić information content (AvgIpc) is 2.48. The van der Waals surface area contributed by atoms with Crippen LogP contribution in [0.4, 0.5) is 4.39 Å². The Morgan fingerprint density at radius 1 is 1.44 bits per heavy atom. The van der Waals surface area contributed by atoms with Gasteiger partial charge in [-0.25, -0.2) is 4.39 Å². The molecule has 1 aliphatic heterocycles. The lowest BCUT2D eigenvalue weighted by Crippen LogP contribution is -2.36. The van der Waals surface area contributed by atoms with Crippen LogP contribution in [0.3, 0.4) is 0 Å². The molecule has 0 spiro atoms. The minimum atomic E-state index is -0.320. The van der Waals surface area contributed by atoms with Gasteiger partial charge in [-0.05, 0) is 31.0 Å². The molecule has 1 aliphatic rings. The van der Waals surface area contributed by atoms with Gasteiger partial charge in [-0.2, -0.15) is 0 Å². The highest BCUT2D eigenvalue weighted by Crippen LogP contribution is 2.16. The number of hydrogen-bond donors (Lipinski definition) is 2. The van der Waals surface area contributed by atoms with Gasteiger partial charge in [0.25, 0.3) is 0 Å². The zero-order chi connectivity index (χ0) is 11.4. The first-order valence-corrected chi connectivity index (χ1v) is 5.43. The van der Waals surface area contributed by atoms with E-state index in [9.17, 15) is 9.50 Å². The number of aliphatic hydroxyl groups excluding tert-OH is 1. The van der Waals surface area contributed by atoms with Crippen LogP contribution in [0.1, 0.15) is 12.0 Å². The molecule has 1 aromatic carbocycles. The van der Waals surface area contributed by atoms with Crippen molar-refractivity contribution in [3.05, 3.63) is 41.9 Å². The van der Waals surface area contributed by atoms with Crippen molar-refractivity contribution >= 4 is 0 Å². The maximum absolute atomic E-state index is 13.4. The Labute approximate surface area is 94.2 Å². The number of hydrogen-bond acceptors (Lipinski definition) is 3. The molecule has 16 heavy (non-hydrogen) atoms. The smallest absolute Gasteiger partial charge is 0.239 e. The van der Waals surface area contributed by atoms with Gasteiger partial charge in [-0.15, -0.1) is 0 Å². The van der Waals surface area contributed by atoms with Gasteiger partial charge < -0.3 is 15.2 Å². The van der Waals surface area contributed by atoms with E-state index < -0.39 is 0 Å². The van der Waals surface area contributed by atoms with Crippen LogP contribution in [0.5, 0.6) is 0 Å². The number of aliphatic hydroxyl groups is 1. The van der Waals surface area contributed by atoms with Crippen molar-refractivity contribution in [2.24, 2.45) is 0 Å². The van der Waals surface area contributed by atoms with E-state index in [1.54, 1.807) is 18.2 Å². The molecule has 1 saturated heterocycles. The number of nitrogens with one attached hydrogen (secondary N) is 1.